The molecule has 3 rings (SSSR count). The van der Waals surface area contributed by atoms with Crippen molar-refractivity contribution in [1.29, 1.82) is 0 Å². The van der Waals surface area contributed by atoms with E-state index in [-0.39, 0.29) is 108 Å². The van der Waals surface area contributed by atoms with Crippen LogP contribution in [0.2, 0.25) is 0 Å². The number of hydrogen-bond donors (Lipinski definition) is 2. The lowest BCUT2D eigenvalue weighted by molar-refractivity contribution is -0.385. The Balaban J connectivity index is 1.26. The fourth-order valence-electron chi connectivity index (χ4n) is 5.08. The van der Waals surface area contributed by atoms with Crippen LogP contribution in [0.3, 0.4) is 0 Å². The highest BCUT2D eigenvalue weighted by Gasteiger charge is 2.27. The maximum absolute atomic E-state index is 13.1. The minimum Gasteiger partial charge on any atom is -0.463 e. The molecule has 0 spiro atoms. The van der Waals surface area contributed by atoms with Crippen molar-refractivity contribution in [2.45, 2.75) is 32.3 Å². The summed E-state index contributed by atoms with van der Waals surface area (Å²) < 4.78 is 26.1. The van der Waals surface area contributed by atoms with E-state index in [1.165, 1.54) is 30.1 Å². The van der Waals surface area contributed by atoms with Gasteiger partial charge in [0.25, 0.3) is 11.6 Å². The summed E-state index contributed by atoms with van der Waals surface area (Å²) in [5, 5.41) is 17.2. The zero-order valence-electron chi connectivity index (χ0n) is 28.0. The third-order valence-electron chi connectivity index (χ3n) is 7.70. The van der Waals surface area contributed by atoms with Gasteiger partial charge in [-0.2, -0.15) is 0 Å². The van der Waals surface area contributed by atoms with Crippen LogP contribution in [0.15, 0.2) is 18.2 Å². The molecule has 0 aliphatic carbocycles. The van der Waals surface area contributed by atoms with Gasteiger partial charge in [0.05, 0.1) is 37.8 Å². The molecule has 1 aromatic carbocycles. The lowest BCUT2D eigenvalue weighted by Crippen LogP contribution is -2.50. The lowest BCUT2D eigenvalue weighted by atomic mass is 10.0. The second-order valence-electron chi connectivity index (χ2n) is 11.2. The molecule has 18 nitrogen and oxygen atoms in total. The molecule has 18 heteroatoms. The van der Waals surface area contributed by atoms with Crippen molar-refractivity contribution in [2.24, 2.45) is 0 Å². The number of nitrogens with zero attached hydrogens (tertiary/aromatic N) is 4. The van der Waals surface area contributed by atoms with Crippen LogP contribution >= 0.6 is 0 Å². The van der Waals surface area contributed by atoms with Gasteiger partial charge in [-0.05, 0) is 13.0 Å². The van der Waals surface area contributed by atoms with Gasteiger partial charge in [0.2, 0.25) is 5.91 Å². The highest BCUT2D eigenvalue weighted by atomic mass is 16.6. The molecule has 4 amide bonds. The number of piperazine rings is 2. The first-order valence-corrected chi connectivity index (χ1v) is 16.2. The van der Waals surface area contributed by atoms with Crippen LogP contribution in [0.5, 0.6) is 0 Å². The number of nitro groups is 1. The first-order chi connectivity index (χ1) is 23.6. The van der Waals surface area contributed by atoms with Gasteiger partial charge in [0.1, 0.15) is 19.3 Å². The number of rotatable bonds is 17. The molecule has 1 aromatic rings. The summed E-state index contributed by atoms with van der Waals surface area (Å²) in [7, 11) is 1.41. The van der Waals surface area contributed by atoms with Crippen LogP contribution < -0.4 is 10.6 Å². The van der Waals surface area contributed by atoms with Crippen molar-refractivity contribution in [1.82, 2.24) is 25.3 Å². The summed E-state index contributed by atoms with van der Waals surface area (Å²) in [6.07, 6.45) is -1.69. The summed E-state index contributed by atoms with van der Waals surface area (Å²) in [6.45, 7) is 6.44. The molecule has 0 aromatic heterocycles. The lowest BCUT2D eigenvalue weighted by Gasteiger charge is -2.34. The summed E-state index contributed by atoms with van der Waals surface area (Å²) >= 11 is 0. The van der Waals surface area contributed by atoms with E-state index >= 15 is 0 Å². The SMILES string of the molecule is CNC(=O)OC(C)Cc1ccc(C(=O)N2CCN(C(=O)CCC(=O)OCCOCCOCCOC(=O)N3CCNCC3)CC2)cc1[N+](=O)[O-]. The number of hydrogen-bond acceptors (Lipinski definition) is 13. The van der Waals surface area contributed by atoms with Crippen molar-refractivity contribution in [3.05, 3.63) is 39.4 Å². The Morgan fingerprint density at radius 3 is 2.10 bits per heavy atom. The molecule has 1 atom stereocenters. The number of alkyl carbamates (subject to hydrolysis) is 1. The van der Waals surface area contributed by atoms with Gasteiger partial charge in [-0.3, -0.25) is 24.5 Å². The molecule has 0 radical (unpaired) electrons. The highest BCUT2D eigenvalue weighted by Crippen LogP contribution is 2.24. The summed E-state index contributed by atoms with van der Waals surface area (Å²) in [5.41, 5.74) is 0.208. The van der Waals surface area contributed by atoms with E-state index < -0.39 is 29.0 Å². The van der Waals surface area contributed by atoms with Gasteiger partial charge >= 0.3 is 18.2 Å². The topological polar surface area (TPSA) is 208 Å². The van der Waals surface area contributed by atoms with Gasteiger partial charge in [-0.1, -0.05) is 6.07 Å². The zero-order chi connectivity index (χ0) is 35.6. The van der Waals surface area contributed by atoms with Gasteiger partial charge in [-0.25, -0.2) is 9.59 Å². The van der Waals surface area contributed by atoms with Crippen LogP contribution in [0, 0.1) is 10.1 Å². The van der Waals surface area contributed by atoms with Gasteiger partial charge < -0.3 is 49.0 Å². The smallest absolute Gasteiger partial charge is 0.409 e. The van der Waals surface area contributed by atoms with Crippen molar-refractivity contribution < 1.29 is 52.6 Å². The Hall–Kier alpha value is -4.55. The second-order valence-corrected chi connectivity index (χ2v) is 11.2. The summed E-state index contributed by atoms with van der Waals surface area (Å²) in [4.78, 5) is 77.0. The van der Waals surface area contributed by atoms with Crippen molar-refractivity contribution in [2.75, 3.05) is 99.0 Å². The molecule has 2 fully saturated rings. The zero-order valence-corrected chi connectivity index (χ0v) is 28.0. The molecular weight excluding hydrogens is 648 g/mol. The fourth-order valence-corrected chi connectivity index (χ4v) is 5.08. The Bertz CT molecular complexity index is 1280. The molecule has 272 valence electrons. The van der Waals surface area contributed by atoms with Crippen LogP contribution in [-0.2, 0) is 39.7 Å². The fraction of sp³-hybridized carbons (Fsp3) is 0.645. The molecule has 0 saturated carbocycles. The molecule has 2 N–H and O–H groups in total. The number of amides is 4. The van der Waals surface area contributed by atoms with Crippen molar-refractivity contribution >= 4 is 35.7 Å². The third-order valence-corrected chi connectivity index (χ3v) is 7.70. The Morgan fingerprint density at radius 1 is 0.857 bits per heavy atom. The normalized spacial score (nSPS) is 15.3. The predicted octanol–water partition coefficient (Wildman–Crippen LogP) is 0.565. The van der Waals surface area contributed by atoms with Gasteiger partial charge in [-0.15, -0.1) is 0 Å². The van der Waals surface area contributed by atoms with Gasteiger partial charge in [0.15, 0.2) is 0 Å². The Labute approximate surface area is 284 Å². The first kappa shape index (κ1) is 38.9. The molecule has 49 heavy (non-hydrogen) atoms. The molecule has 2 saturated heterocycles. The number of benzene rings is 1. The number of nitrogens with one attached hydrogen (secondary N) is 2. The number of carbonyl (C=O) groups is 5. The van der Waals surface area contributed by atoms with E-state index in [1.54, 1.807) is 16.7 Å². The molecule has 2 heterocycles. The average Bonchev–Trinajstić information content (AvgIpc) is 3.11. The average molecular weight is 695 g/mol. The largest absolute Gasteiger partial charge is 0.463 e. The van der Waals surface area contributed by atoms with E-state index in [2.05, 4.69) is 10.6 Å². The maximum atomic E-state index is 13.1. The number of esters is 1. The Kier molecular flexibility index (Phi) is 16.5. The quantitative estimate of drug-likeness (QED) is 0.0752. The standard InChI is InChI=1S/C31H46N6O12/c1-23(49-30(41)32-2)21-24-3-4-25(22-26(24)37(43)44)29(40)35-13-11-34(12-14-35)27(38)5-6-28(39)47-19-17-45-15-16-46-18-20-48-31(42)36-9-7-33-8-10-36/h3-4,22-23,33H,5-21H2,1-2H3,(H,32,41). The molecule has 0 bridgehead atoms. The minimum atomic E-state index is -0.653. The summed E-state index contributed by atoms with van der Waals surface area (Å²) in [5.74, 6) is -1.18. The monoisotopic (exact) mass is 694 g/mol. The molecular formula is C31H46N6O12. The number of carbonyl (C=O) groups excluding carboxylic acids is 5. The molecule has 2 aliphatic rings. The van der Waals surface area contributed by atoms with Crippen LogP contribution in [0.25, 0.3) is 0 Å². The maximum Gasteiger partial charge on any atom is 0.409 e. The van der Waals surface area contributed by atoms with E-state index in [9.17, 15) is 34.1 Å². The number of ether oxygens (including phenoxy) is 5. The number of nitro benzene ring substituents is 1. The highest BCUT2D eigenvalue weighted by molar-refractivity contribution is 5.95. The van der Waals surface area contributed by atoms with Gasteiger partial charge in [0, 0.05) is 89.4 Å². The van der Waals surface area contributed by atoms with Crippen LogP contribution in [0.1, 0.15) is 35.7 Å². The van der Waals surface area contributed by atoms with Crippen LogP contribution in [0.4, 0.5) is 15.3 Å². The van der Waals surface area contributed by atoms with E-state index in [0.717, 1.165) is 13.1 Å². The van der Waals surface area contributed by atoms with E-state index in [0.29, 0.717) is 18.7 Å². The van der Waals surface area contributed by atoms with E-state index in [1.807, 2.05) is 0 Å². The van der Waals surface area contributed by atoms with Crippen molar-refractivity contribution in [3.8, 4) is 0 Å². The molecule has 2 aliphatic heterocycles. The summed E-state index contributed by atoms with van der Waals surface area (Å²) in [6, 6.07) is 4.19. The van der Waals surface area contributed by atoms with Crippen LogP contribution in [-0.4, -0.2) is 155 Å². The van der Waals surface area contributed by atoms with Crippen molar-refractivity contribution in [3.63, 3.8) is 0 Å². The second kappa shape index (κ2) is 20.7. The van der Waals surface area contributed by atoms with E-state index in [4.69, 9.17) is 23.7 Å². The first-order valence-electron chi connectivity index (χ1n) is 16.2. The molecule has 1 unspecified atom stereocenters. The third kappa shape index (κ3) is 13.5. The predicted molar refractivity (Wildman–Crippen MR) is 172 cm³/mol. The minimum absolute atomic E-state index is 0.0259. The Morgan fingerprint density at radius 2 is 1.47 bits per heavy atom.